The van der Waals surface area contributed by atoms with Crippen molar-refractivity contribution in [2.24, 2.45) is 5.73 Å². The molecule has 1 heterocycles. The smallest absolute Gasteiger partial charge is 0.241 e. The summed E-state index contributed by atoms with van der Waals surface area (Å²) in [5, 5.41) is 2.83. The number of amides is 1. The summed E-state index contributed by atoms with van der Waals surface area (Å²) in [5.74, 6) is 0.711. The molecule has 1 saturated heterocycles. The van der Waals surface area contributed by atoms with E-state index in [1.807, 2.05) is 30.5 Å². The molecule has 2 rings (SSSR count). The van der Waals surface area contributed by atoms with E-state index in [2.05, 4.69) is 5.32 Å². The Hall–Kier alpha value is -1.08. The van der Waals surface area contributed by atoms with E-state index in [9.17, 15) is 4.79 Å². The monoisotopic (exact) mass is 296 g/mol. The number of carbonyl (C=O) groups is 1. The van der Waals surface area contributed by atoms with E-state index in [0.717, 1.165) is 11.3 Å². The van der Waals surface area contributed by atoms with Crippen LogP contribution < -0.4 is 11.1 Å². The van der Waals surface area contributed by atoms with Gasteiger partial charge in [0.25, 0.3) is 0 Å². The number of hydrogen-bond donors (Lipinski definition) is 2. The molecule has 0 spiro atoms. The summed E-state index contributed by atoms with van der Waals surface area (Å²) in [6.07, 6.45) is 2.33. The Morgan fingerprint density at radius 3 is 2.95 bits per heavy atom. The molecule has 0 bridgehead atoms. The van der Waals surface area contributed by atoms with Crippen molar-refractivity contribution in [2.75, 3.05) is 30.5 Å². The fourth-order valence-corrected chi connectivity index (χ4v) is 2.41. The van der Waals surface area contributed by atoms with Gasteiger partial charge in [-0.15, -0.1) is 0 Å². The van der Waals surface area contributed by atoms with Crippen molar-refractivity contribution in [3.63, 3.8) is 0 Å². The van der Waals surface area contributed by atoms with Crippen LogP contribution in [0.4, 0.5) is 5.69 Å². The minimum absolute atomic E-state index is 0.163. The second-order valence-corrected chi connectivity index (χ2v) is 5.56. The molecule has 1 atom stereocenters. The van der Waals surface area contributed by atoms with Gasteiger partial charge in [0.1, 0.15) is 0 Å². The number of carbonyl (C=O) groups excluding carboxylic acids is 1. The molecule has 0 radical (unpaired) electrons. The van der Waals surface area contributed by atoms with Crippen molar-refractivity contribution < 1.29 is 14.3 Å². The zero-order valence-corrected chi connectivity index (χ0v) is 12.3. The molecule has 1 aliphatic heterocycles. The van der Waals surface area contributed by atoms with E-state index in [-0.39, 0.29) is 12.2 Å². The van der Waals surface area contributed by atoms with Gasteiger partial charge < -0.3 is 20.5 Å². The molecule has 1 amide bonds. The molecule has 0 unspecified atom stereocenters. The average Bonchev–Trinajstić information content (AvgIpc) is 2.99. The van der Waals surface area contributed by atoms with Crippen molar-refractivity contribution >= 4 is 23.4 Å². The Morgan fingerprint density at radius 1 is 1.50 bits per heavy atom. The molecule has 0 saturated carbocycles. The molecule has 5 nitrogen and oxygen atoms in total. The zero-order valence-electron chi connectivity index (χ0n) is 11.5. The number of hydrogen-bond acceptors (Lipinski definition) is 5. The highest BCUT2D eigenvalue weighted by Crippen LogP contribution is 2.25. The lowest BCUT2D eigenvalue weighted by Gasteiger charge is -2.14. The zero-order chi connectivity index (χ0) is 14.4. The number of nitrogens with one attached hydrogen (secondary N) is 1. The van der Waals surface area contributed by atoms with E-state index in [1.54, 1.807) is 11.8 Å². The number of nitrogens with two attached hydrogens (primary N) is 1. The van der Waals surface area contributed by atoms with E-state index in [4.69, 9.17) is 15.2 Å². The van der Waals surface area contributed by atoms with Crippen molar-refractivity contribution in [3.05, 3.63) is 29.8 Å². The Bertz CT molecular complexity index is 450. The Morgan fingerprint density at radius 2 is 2.25 bits per heavy atom. The lowest BCUT2D eigenvalue weighted by atomic mass is 10.1. The van der Waals surface area contributed by atoms with Crippen molar-refractivity contribution in [1.82, 2.24) is 0 Å². The number of benzene rings is 1. The van der Waals surface area contributed by atoms with Gasteiger partial charge in [-0.05, 0) is 30.6 Å². The molecule has 20 heavy (non-hydrogen) atoms. The standard InChI is InChI=1S/C14H20N2O3S/c1-20-8-5-12(15)13(17)16-11-4-2-3-10(9-11)14-18-6-7-19-14/h2-4,9,12,14H,5-8,15H2,1H3,(H,16,17)/t12-/m1/s1. The van der Waals surface area contributed by atoms with Crippen LogP contribution in [0.15, 0.2) is 24.3 Å². The predicted octanol–water partition coefficient (Wildman–Crippen LogP) is 1.75. The molecule has 6 heteroatoms. The van der Waals surface area contributed by atoms with Crippen LogP contribution in [0.1, 0.15) is 18.3 Å². The van der Waals surface area contributed by atoms with Crippen LogP contribution in [0.5, 0.6) is 0 Å². The van der Waals surface area contributed by atoms with Crippen molar-refractivity contribution in [1.29, 1.82) is 0 Å². The molecular formula is C14H20N2O3S. The fraction of sp³-hybridized carbons (Fsp3) is 0.500. The molecular weight excluding hydrogens is 276 g/mol. The van der Waals surface area contributed by atoms with Gasteiger partial charge in [-0.25, -0.2) is 0 Å². The molecule has 1 aliphatic rings. The summed E-state index contributed by atoms with van der Waals surface area (Å²) in [7, 11) is 0. The van der Waals surface area contributed by atoms with E-state index in [1.165, 1.54) is 0 Å². The molecule has 110 valence electrons. The number of anilines is 1. The summed E-state index contributed by atoms with van der Waals surface area (Å²) < 4.78 is 10.9. The van der Waals surface area contributed by atoms with Crippen molar-refractivity contribution in [3.8, 4) is 0 Å². The summed E-state index contributed by atoms with van der Waals surface area (Å²) >= 11 is 1.68. The minimum atomic E-state index is -0.481. The van der Waals surface area contributed by atoms with Crippen LogP contribution in [0.3, 0.4) is 0 Å². The van der Waals surface area contributed by atoms with E-state index >= 15 is 0 Å². The molecule has 1 aromatic rings. The normalized spacial score (nSPS) is 17.1. The molecule has 1 aromatic carbocycles. The fourth-order valence-electron chi connectivity index (χ4n) is 1.92. The molecule has 0 aromatic heterocycles. The highest BCUT2D eigenvalue weighted by molar-refractivity contribution is 7.98. The maximum absolute atomic E-state index is 11.9. The predicted molar refractivity (Wildman–Crippen MR) is 80.7 cm³/mol. The molecule has 3 N–H and O–H groups in total. The third-order valence-electron chi connectivity index (χ3n) is 3.02. The third kappa shape index (κ3) is 4.21. The largest absolute Gasteiger partial charge is 0.346 e. The van der Waals surface area contributed by atoms with E-state index in [0.29, 0.717) is 25.3 Å². The van der Waals surface area contributed by atoms with Gasteiger partial charge >= 0.3 is 0 Å². The Labute approximate surface area is 123 Å². The van der Waals surface area contributed by atoms with Gasteiger partial charge in [-0.1, -0.05) is 12.1 Å². The van der Waals surface area contributed by atoms with Crippen LogP contribution in [0.25, 0.3) is 0 Å². The maximum Gasteiger partial charge on any atom is 0.241 e. The maximum atomic E-state index is 11.9. The second-order valence-electron chi connectivity index (χ2n) is 4.58. The van der Waals surface area contributed by atoms with Gasteiger partial charge in [0.2, 0.25) is 5.91 Å². The number of thioether (sulfide) groups is 1. The topological polar surface area (TPSA) is 73.6 Å². The van der Waals surface area contributed by atoms with Crippen LogP contribution >= 0.6 is 11.8 Å². The Balaban J connectivity index is 1.95. The van der Waals surface area contributed by atoms with Crippen LogP contribution in [-0.2, 0) is 14.3 Å². The van der Waals surface area contributed by atoms with Gasteiger partial charge in [0.05, 0.1) is 19.3 Å². The van der Waals surface area contributed by atoms with Gasteiger partial charge in [-0.2, -0.15) is 11.8 Å². The van der Waals surface area contributed by atoms with Crippen LogP contribution in [-0.4, -0.2) is 37.2 Å². The van der Waals surface area contributed by atoms with Gasteiger partial charge in [-0.3, -0.25) is 4.79 Å². The summed E-state index contributed by atoms with van der Waals surface area (Å²) in [6.45, 7) is 1.20. The first-order valence-electron chi connectivity index (χ1n) is 6.59. The Kier molecular flexibility index (Phi) is 5.85. The highest BCUT2D eigenvalue weighted by Gasteiger charge is 2.19. The number of rotatable bonds is 6. The van der Waals surface area contributed by atoms with Crippen LogP contribution in [0, 0.1) is 0 Å². The average molecular weight is 296 g/mol. The first-order chi connectivity index (χ1) is 9.70. The summed E-state index contributed by atoms with van der Waals surface area (Å²) in [6, 6.07) is 6.99. The molecule has 1 fully saturated rings. The first-order valence-corrected chi connectivity index (χ1v) is 7.98. The lowest BCUT2D eigenvalue weighted by molar-refractivity contribution is -0.117. The lowest BCUT2D eigenvalue weighted by Crippen LogP contribution is -2.36. The SMILES string of the molecule is CSCC[C@@H](N)C(=O)Nc1cccc(C2OCCO2)c1. The first kappa shape index (κ1) is 15.3. The van der Waals surface area contributed by atoms with Gasteiger partial charge in [0, 0.05) is 11.3 Å². The third-order valence-corrected chi connectivity index (χ3v) is 3.66. The van der Waals surface area contributed by atoms with Gasteiger partial charge in [0.15, 0.2) is 6.29 Å². The van der Waals surface area contributed by atoms with Crippen molar-refractivity contribution in [2.45, 2.75) is 18.8 Å². The summed E-state index contributed by atoms with van der Waals surface area (Å²) in [4.78, 5) is 11.9. The van der Waals surface area contributed by atoms with E-state index < -0.39 is 6.04 Å². The van der Waals surface area contributed by atoms with Crippen LogP contribution in [0.2, 0.25) is 0 Å². The summed E-state index contributed by atoms with van der Waals surface area (Å²) in [5.41, 5.74) is 7.45. The minimum Gasteiger partial charge on any atom is -0.346 e. The molecule has 0 aliphatic carbocycles. The number of ether oxygens (including phenoxy) is 2. The quantitative estimate of drug-likeness (QED) is 0.836. The highest BCUT2D eigenvalue weighted by atomic mass is 32.2. The second kappa shape index (κ2) is 7.64.